The minimum atomic E-state index is -0.741. The Balaban J connectivity index is 2.31. The van der Waals surface area contributed by atoms with Crippen LogP contribution in [0.2, 0.25) is 0 Å². The fourth-order valence-corrected chi connectivity index (χ4v) is 2.11. The van der Waals surface area contributed by atoms with Gasteiger partial charge in [-0.1, -0.05) is 13.8 Å². The van der Waals surface area contributed by atoms with Gasteiger partial charge >= 0.3 is 5.97 Å². The van der Waals surface area contributed by atoms with Crippen LogP contribution in [0.25, 0.3) is 0 Å². The van der Waals surface area contributed by atoms with Gasteiger partial charge in [0, 0.05) is 19.2 Å². The number of hydrogen-bond acceptors (Lipinski definition) is 3. The van der Waals surface area contributed by atoms with Crippen LogP contribution in [-0.4, -0.2) is 36.4 Å². The predicted octanol–water partition coefficient (Wildman–Crippen LogP) is 1.50. The van der Waals surface area contributed by atoms with E-state index in [0.29, 0.717) is 12.0 Å². The van der Waals surface area contributed by atoms with E-state index < -0.39 is 5.97 Å². The molecular weight excluding hydrogens is 206 g/mol. The lowest BCUT2D eigenvalue weighted by Gasteiger charge is -2.22. The smallest absolute Gasteiger partial charge is 0.307 e. The predicted molar refractivity (Wildman–Crippen MR) is 62.4 cm³/mol. The Hall–Kier alpha value is -0.610. The van der Waals surface area contributed by atoms with Crippen LogP contribution in [0.3, 0.4) is 0 Å². The fraction of sp³-hybridized carbons (Fsp3) is 0.917. The maximum absolute atomic E-state index is 10.8. The zero-order valence-corrected chi connectivity index (χ0v) is 10.4. The van der Waals surface area contributed by atoms with Gasteiger partial charge in [-0.3, -0.25) is 4.79 Å². The molecule has 1 fully saturated rings. The topological polar surface area (TPSA) is 58.6 Å². The lowest BCUT2D eigenvalue weighted by molar-refractivity contribution is -0.141. The SMILES string of the molecule is CCC1OCCC1CNC(C)C(C)C(=O)O. The molecule has 0 radical (unpaired) electrons. The minimum Gasteiger partial charge on any atom is -0.481 e. The summed E-state index contributed by atoms with van der Waals surface area (Å²) in [6.07, 6.45) is 2.47. The summed E-state index contributed by atoms with van der Waals surface area (Å²) in [5, 5.41) is 12.2. The first-order valence-electron chi connectivity index (χ1n) is 6.14. The molecule has 0 spiro atoms. The second-order valence-corrected chi connectivity index (χ2v) is 4.69. The van der Waals surface area contributed by atoms with Crippen LogP contribution in [0.1, 0.15) is 33.6 Å². The van der Waals surface area contributed by atoms with Crippen LogP contribution < -0.4 is 5.32 Å². The van der Waals surface area contributed by atoms with E-state index in [-0.39, 0.29) is 12.0 Å². The Labute approximate surface area is 97.4 Å². The molecule has 0 aromatic heterocycles. The van der Waals surface area contributed by atoms with E-state index in [9.17, 15) is 4.79 Å². The zero-order valence-electron chi connectivity index (χ0n) is 10.4. The number of carbonyl (C=O) groups is 1. The first kappa shape index (κ1) is 13.5. The van der Waals surface area contributed by atoms with Gasteiger partial charge < -0.3 is 15.2 Å². The van der Waals surface area contributed by atoms with E-state index in [1.165, 1.54) is 0 Å². The van der Waals surface area contributed by atoms with Crippen molar-refractivity contribution in [3.05, 3.63) is 0 Å². The van der Waals surface area contributed by atoms with E-state index in [1.54, 1.807) is 6.92 Å². The van der Waals surface area contributed by atoms with Gasteiger partial charge in [-0.15, -0.1) is 0 Å². The summed E-state index contributed by atoms with van der Waals surface area (Å²) in [7, 11) is 0. The number of nitrogens with one attached hydrogen (secondary N) is 1. The highest BCUT2D eigenvalue weighted by molar-refractivity contribution is 5.70. The van der Waals surface area contributed by atoms with Crippen molar-refractivity contribution in [1.29, 1.82) is 0 Å². The highest BCUT2D eigenvalue weighted by atomic mass is 16.5. The maximum atomic E-state index is 10.8. The Kier molecular flexibility index (Phi) is 5.22. The summed E-state index contributed by atoms with van der Waals surface area (Å²) in [6, 6.07) is 0.00982. The molecule has 1 rings (SSSR count). The lowest BCUT2D eigenvalue weighted by Crippen LogP contribution is -2.40. The molecule has 4 atom stereocenters. The highest BCUT2D eigenvalue weighted by Crippen LogP contribution is 2.22. The van der Waals surface area contributed by atoms with E-state index in [0.717, 1.165) is 26.0 Å². The molecule has 0 aliphatic carbocycles. The number of carboxylic acid groups (broad SMARTS) is 1. The standard InChI is InChI=1S/C12H23NO3/c1-4-11-10(5-6-16-11)7-13-9(3)8(2)12(14)15/h8-11,13H,4-7H2,1-3H3,(H,14,15). The Morgan fingerprint density at radius 1 is 1.56 bits per heavy atom. The third kappa shape index (κ3) is 3.46. The molecule has 94 valence electrons. The molecule has 1 aliphatic heterocycles. The van der Waals surface area contributed by atoms with Crippen molar-refractivity contribution in [3.8, 4) is 0 Å². The number of rotatable bonds is 6. The third-order valence-electron chi connectivity index (χ3n) is 3.59. The van der Waals surface area contributed by atoms with E-state index >= 15 is 0 Å². The molecule has 4 heteroatoms. The average molecular weight is 229 g/mol. The van der Waals surface area contributed by atoms with Crippen molar-refractivity contribution in [2.24, 2.45) is 11.8 Å². The first-order chi connectivity index (χ1) is 7.56. The van der Waals surface area contributed by atoms with Crippen LogP contribution in [-0.2, 0) is 9.53 Å². The molecule has 2 N–H and O–H groups in total. The fourth-order valence-electron chi connectivity index (χ4n) is 2.11. The lowest BCUT2D eigenvalue weighted by atomic mass is 9.98. The Morgan fingerprint density at radius 2 is 2.25 bits per heavy atom. The molecule has 1 heterocycles. The van der Waals surface area contributed by atoms with Gasteiger partial charge in [0.05, 0.1) is 12.0 Å². The van der Waals surface area contributed by atoms with Crippen molar-refractivity contribution < 1.29 is 14.6 Å². The maximum Gasteiger partial charge on any atom is 0.307 e. The Bertz CT molecular complexity index is 232. The number of hydrogen-bond donors (Lipinski definition) is 2. The molecule has 4 nitrogen and oxygen atoms in total. The van der Waals surface area contributed by atoms with E-state index in [2.05, 4.69) is 12.2 Å². The van der Waals surface area contributed by atoms with Gasteiger partial charge in [-0.2, -0.15) is 0 Å². The molecule has 16 heavy (non-hydrogen) atoms. The van der Waals surface area contributed by atoms with Gasteiger partial charge in [0.25, 0.3) is 0 Å². The van der Waals surface area contributed by atoms with Crippen LogP contribution in [0, 0.1) is 11.8 Å². The second kappa shape index (κ2) is 6.21. The van der Waals surface area contributed by atoms with Crippen molar-refractivity contribution >= 4 is 5.97 Å². The zero-order chi connectivity index (χ0) is 12.1. The van der Waals surface area contributed by atoms with Gasteiger partial charge in [-0.05, 0) is 25.7 Å². The highest BCUT2D eigenvalue weighted by Gasteiger charge is 2.27. The summed E-state index contributed by atoms with van der Waals surface area (Å²) in [5.74, 6) is -0.550. The minimum absolute atomic E-state index is 0.00982. The monoisotopic (exact) mass is 229 g/mol. The molecule has 0 saturated carbocycles. The summed E-state index contributed by atoms with van der Waals surface area (Å²) in [4.78, 5) is 10.8. The van der Waals surface area contributed by atoms with Gasteiger partial charge in [0.1, 0.15) is 0 Å². The molecular formula is C12H23NO3. The van der Waals surface area contributed by atoms with Crippen molar-refractivity contribution in [3.63, 3.8) is 0 Å². The largest absolute Gasteiger partial charge is 0.481 e. The normalized spacial score (nSPS) is 28.9. The molecule has 4 unspecified atom stereocenters. The van der Waals surface area contributed by atoms with Gasteiger partial charge in [0.2, 0.25) is 0 Å². The van der Waals surface area contributed by atoms with Crippen LogP contribution in [0.15, 0.2) is 0 Å². The number of carboxylic acids is 1. The summed E-state index contributed by atoms with van der Waals surface area (Å²) in [5.41, 5.74) is 0. The van der Waals surface area contributed by atoms with Crippen LogP contribution in [0.5, 0.6) is 0 Å². The molecule has 0 bridgehead atoms. The van der Waals surface area contributed by atoms with Crippen molar-refractivity contribution in [2.45, 2.75) is 45.8 Å². The molecule has 1 aliphatic rings. The number of ether oxygens (including phenoxy) is 1. The van der Waals surface area contributed by atoms with Crippen LogP contribution in [0.4, 0.5) is 0 Å². The number of aliphatic carboxylic acids is 1. The first-order valence-corrected chi connectivity index (χ1v) is 6.14. The molecule has 0 aromatic carbocycles. The van der Waals surface area contributed by atoms with Crippen molar-refractivity contribution in [2.75, 3.05) is 13.2 Å². The average Bonchev–Trinajstić information content (AvgIpc) is 2.71. The van der Waals surface area contributed by atoms with Crippen LogP contribution >= 0.6 is 0 Å². The molecule has 1 saturated heterocycles. The van der Waals surface area contributed by atoms with E-state index in [4.69, 9.17) is 9.84 Å². The third-order valence-corrected chi connectivity index (χ3v) is 3.59. The summed E-state index contributed by atoms with van der Waals surface area (Å²) in [6.45, 7) is 7.50. The summed E-state index contributed by atoms with van der Waals surface area (Å²) < 4.78 is 5.60. The van der Waals surface area contributed by atoms with Crippen molar-refractivity contribution in [1.82, 2.24) is 5.32 Å². The van der Waals surface area contributed by atoms with E-state index in [1.807, 2.05) is 6.92 Å². The second-order valence-electron chi connectivity index (χ2n) is 4.69. The molecule has 0 amide bonds. The molecule has 0 aromatic rings. The quantitative estimate of drug-likeness (QED) is 0.724. The Morgan fingerprint density at radius 3 is 2.81 bits per heavy atom. The van der Waals surface area contributed by atoms with Gasteiger partial charge in [0.15, 0.2) is 0 Å². The van der Waals surface area contributed by atoms with Gasteiger partial charge in [-0.25, -0.2) is 0 Å². The summed E-state index contributed by atoms with van der Waals surface area (Å²) >= 11 is 0.